The van der Waals surface area contributed by atoms with Crippen LogP contribution in [0.3, 0.4) is 0 Å². The Bertz CT molecular complexity index is 8.00. The van der Waals surface area contributed by atoms with E-state index >= 15 is 0 Å². The van der Waals surface area contributed by atoms with Crippen LogP contribution in [-0.2, 0) is 34.1 Å². The molecule has 0 bridgehead atoms. The maximum atomic E-state index is 0. The number of rotatable bonds is 0. The Labute approximate surface area is 106 Å². The second-order valence-corrected chi connectivity index (χ2v) is 0. The van der Waals surface area contributed by atoms with E-state index in [0.717, 1.165) is 0 Å². The van der Waals surface area contributed by atoms with Crippen LogP contribution < -0.4 is 0 Å². The molecule has 0 nitrogen and oxygen atoms in total. The molecule has 4 radical (unpaired) electrons. The van der Waals surface area contributed by atoms with Gasteiger partial charge in [0.2, 0.25) is 0 Å². The Morgan fingerprint density at radius 1 is 1.00 bits per heavy atom. The SMILES string of the molecule is [Fe].[K].[Mg].[Mn]. The van der Waals surface area contributed by atoms with Gasteiger partial charge in [-0.25, -0.2) is 0 Å². The van der Waals surface area contributed by atoms with E-state index in [2.05, 4.69) is 0 Å². The van der Waals surface area contributed by atoms with Gasteiger partial charge in [0.1, 0.15) is 0 Å². The predicted molar refractivity (Wildman–Crippen MR) is 11.5 cm³/mol. The van der Waals surface area contributed by atoms with Crippen LogP contribution in [0, 0.1) is 0 Å². The first kappa shape index (κ1) is 26.1. The quantitative estimate of drug-likeness (QED) is 0.423. The zero-order valence-electron chi connectivity index (χ0n) is 2.44. The average Bonchev–Trinajstić information content (AvgIpc) is 0. The van der Waals surface area contributed by atoms with E-state index < -0.39 is 0 Å². The summed E-state index contributed by atoms with van der Waals surface area (Å²) in [7, 11) is 0. The van der Waals surface area contributed by atoms with E-state index in [9.17, 15) is 0 Å². The molecule has 0 saturated heterocycles. The molecule has 0 saturated carbocycles. The van der Waals surface area contributed by atoms with Gasteiger partial charge in [0.25, 0.3) is 0 Å². The maximum Gasteiger partial charge on any atom is 0 e. The topological polar surface area (TPSA) is 0 Å². The monoisotopic (exact) mass is 174 g/mol. The van der Waals surface area contributed by atoms with Crippen molar-refractivity contribution in [2.75, 3.05) is 0 Å². The van der Waals surface area contributed by atoms with Crippen molar-refractivity contribution in [3.8, 4) is 0 Å². The molecule has 4 heavy (non-hydrogen) atoms. The summed E-state index contributed by atoms with van der Waals surface area (Å²) < 4.78 is 0. The summed E-state index contributed by atoms with van der Waals surface area (Å²) in [5.41, 5.74) is 0. The maximum absolute atomic E-state index is 0. The van der Waals surface area contributed by atoms with Crippen molar-refractivity contribution in [3.63, 3.8) is 0 Å². The van der Waals surface area contributed by atoms with Crippen LogP contribution >= 0.6 is 0 Å². The van der Waals surface area contributed by atoms with Gasteiger partial charge in [0.15, 0.2) is 0 Å². The van der Waals surface area contributed by atoms with Gasteiger partial charge in [0, 0.05) is 109 Å². The fourth-order valence-electron chi connectivity index (χ4n) is 0. The number of hydrogen-bond acceptors (Lipinski definition) is 0. The molecule has 0 spiro atoms. The summed E-state index contributed by atoms with van der Waals surface area (Å²) >= 11 is 0. The van der Waals surface area contributed by atoms with Gasteiger partial charge in [0.05, 0.1) is 0 Å². The van der Waals surface area contributed by atoms with Gasteiger partial charge >= 0.3 is 0 Å². The van der Waals surface area contributed by atoms with Gasteiger partial charge in [-0.2, -0.15) is 0 Å². The van der Waals surface area contributed by atoms with Gasteiger partial charge in [-0.1, -0.05) is 0 Å². The molecule has 0 atom stereocenters. The van der Waals surface area contributed by atoms with Crippen LogP contribution in [-0.4, -0.2) is 74.4 Å². The molecule has 0 aromatic rings. The summed E-state index contributed by atoms with van der Waals surface area (Å²) in [5.74, 6) is 0. The van der Waals surface area contributed by atoms with Crippen LogP contribution in [0.1, 0.15) is 0 Å². The Morgan fingerprint density at radius 3 is 1.00 bits per heavy atom. The summed E-state index contributed by atoms with van der Waals surface area (Å²) in [6, 6.07) is 0. The number of hydrogen-bond donors (Lipinski definition) is 0. The van der Waals surface area contributed by atoms with Crippen molar-refractivity contribution in [1.82, 2.24) is 0 Å². The van der Waals surface area contributed by atoms with Crippen molar-refractivity contribution in [2.24, 2.45) is 0 Å². The Kier molecular flexibility index (Phi) is 105. The minimum absolute atomic E-state index is 0. The Hall–Kier alpha value is 3.44. The first-order chi connectivity index (χ1) is 0. The summed E-state index contributed by atoms with van der Waals surface area (Å²) in [6.45, 7) is 0. The zero-order chi connectivity index (χ0) is 0. The smallest absolute Gasteiger partial charge is 0 e. The van der Waals surface area contributed by atoms with Crippen LogP contribution in [0.2, 0.25) is 0 Å². The van der Waals surface area contributed by atoms with Gasteiger partial charge in [-0.3, -0.25) is 0 Å². The zero-order valence-corrected chi connectivity index (χ0v) is 9.26. The summed E-state index contributed by atoms with van der Waals surface area (Å²) in [4.78, 5) is 0. The molecule has 0 unspecified atom stereocenters. The molecule has 0 amide bonds. The van der Waals surface area contributed by atoms with E-state index in [-0.39, 0.29) is 109 Å². The third kappa shape index (κ3) is 9.06. The van der Waals surface area contributed by atoms with Crippen LogP contribution in [0.15, 0.2) is 0 Å². The molecule has 0 aromatic heterocycles. The molecular formula is FeKMgMn. The summed E-state index contributed by atoms with van der Waals surface area (Å²) in [5, 5.41) is 0. The minimum atomic E-state index is 0. The molecule has 0 aliphatic heterocycles. The van der Waals surface area contributed by atoms with E-state index in [4.69, 9.17) is 0 Å². The molecule has 0 heterocycles. The first-order valence-corrected chi connectivity index (χ1v) is 0. The average molecular weight is 174 g/mol. The fraction of sp³-hybridized carbons (Fsp3) is 0. The van der Waals surface area contributed by atoms with Crippen molar-refractivity contribution >= 4 is 74.4 Å². The third-order valence-corrected chi connectivity index (χ3v) is 0. The largest absolute Gasteiger partial charge is 0 e. The molecular weight excluding hydrogens is 174 g/mol. The first-order valence-electron chi connectivity index (χ1n) is 0. The molecule has 0 rings (SSSR count). The van der Waals surface area contributed by atoms with Crippen molar-refractivity contribution in [1.29, 1.82) is 0 Å². The van der Waals surface area contributed by atoms with Crippen LogP contribution in [0.4, 0.5) is 0 Å². The third-order valence-electron chi connectivity index (χ3n) is 0. The standard InChI is InChI=1S/Fe.K.Mg.Mn. The van der Waals surface area contributed by atoms with E-state index in [1.807, 2.05) is 0 Å². The van der Waals surface area contributed by atoms with Crippen LogP contribution in [0.25, 0.3) is 0 Å². The van der Waals surface area contributed by atoms with Crippen LogP contribution in [0.5, 0.6) is 0 Å². The molecule has 0 aromatic carbocycles. The second-order valence-electron chi connectivity index (χ2n) is 0. The van der Waals surface area contributed by atoms with Crippen molar-refractivity contribution in [2.45, 2.75) is 0 Å². The van der Waals surface area contributed by atoms with Gasteiger partial charge in [-0.15, -0.1) is 0 Å². The second kappa shape index (κ2) is 16.1. The minimum Gasteiger partial charge on any atom is 0 e. The Morgan fingerprint density at radius 2 is 1.00 bits per heavy atom. The molecule has 0 fully saturated rings. The van der Waals surface area contributed by atoms with Gasteiger partial charge < -0.3 is 0 Å². The van der Waals surface area contributed by atoms with Crippen molar-refractivity contribution < 1.29 is 34.1 Å². The van der Waals surface area contributed by atoms with Crippen molar-refractivity contribution in [3.05, 3.63) is 0 Å². The normalized spacial score (nSPS) is 0. The van der Waals surface area contributed by atoms with E-state index in [1.165, 1.54) is 0 Å². The van der Waals surface area contributed by atoms with Gasteiger partial charge in [-0.05, 0) is 0 Å². The summed E-state index contributed by atoms with van der Waals surface area (Å²) in [6.07, 6.45) is 0. The molecule has 0 N–H and O–H groups in total. The molecule has 0 aliphatic carbocycles. The predicted octanol–water partition coefficient (Wildman–Crippen LogP) is -0.767. The van der Waals surface area contributed by atoms with E-state index in [1.54, 1.807) is 0 Å². The molecule has 4 heteroatoms. The van der Waals surface area contributed by atoms with E-state index in [0.29, 0.717) is 0 Å². The Balaban J connectivity index is 0. The fourth-order valence-corrected chi connectivity index (χ4v) is 0. The molecule has 18 valence electrons. The molecule has 0 aliphatic rings.